The Morgan fingerprint density at radius 3 is 2.15 bits per heavy atom. The summed E-state index contributed by atoms with van der Waals surface area (Å²) in [6.45, 7) is -0.796. The van der Waals surface area contributed by atoms with Gasteiger partial charge in [0.1, 0.15) is 5.75 Å². The average molecular weight is 251 g/mol. The second kappa shape index (κ2) is 4.56. The van der Waals surface area contributed by atoms with Crippen LogP contribution in [0.3, 0.4) is 0 Å². The SMILES string of the molecule is C[C@@H](Br)c1ccc(OC(F)F)cc1. The number of rotatable bonds is 3. The highest BCUT2D eigenvalue weighted by atomic mass is 79.9. The van der Waals surface area contributed by atoms with E-state index in [1.165, 1.54) is 12.1 Å². The minimum Gasteiger partial charge on any atom is -0.435 e. The molecule has 1 aromatic rings. The van der Waals surface area contributed by atoms with Crippen LogP contribution in [0, 0.1) is 0 Å². The van der Waals surface area contributed by atoms with E-state index < -0.39 is 6.61 Å². The third kappa shape index (κ3) is 3.30. The molecule has 4 heteroatoms. The highest BCUT2D eigenvalue weighted by Gasteiger charge is 2.04. The number of alkyl halides is 3. The number of halogens is 3. The van der Waals surface area contributed by atoms with Crippen LogP contribution < -0.4 is 4.74 Å². The maximum absolute atomic E-state index is 11.7. The van der Waals surface area contributed by atoms with Crippen molar-refractivity contribution >= 4 is 15.9 Å². The van der Waals surface area contributed by atoms with Crippen molar-refractivity contribution in [2.45, 2.75) is 18.4 Å². The van der Waals surface area contributed by atoms with E-state index in [9.17, 15) is 8.78 Å². The third-order valence-electron chi connectivity index (χ3n) is 1.56. The minimum absolute atomic E-state index is 0.187. The van der Waals surface area contributed by atoms with Gasteiger partial charge < -0.3 is 4.74 Å². The zero-order valence-electron chi connectivity index (χ0n) is 7.01. The van der Waals surface area contributed by atoms with Gasteiger partial charge in [0, 0.05) is 4.83 Å². The van der Waals surface area contributed by atoms with Crippen molar-refractivity contribution in [1.29, 1.82) is 0 Å². The lowest BCUT2D eigenvalue weighted by atomic mass is 10.2. The first-order valence-corrected chi connectivity index (χ1v) is 4.70. The van der Waals surface area contributed by atoms with Crippen molar-refractivity contribution in [2.75, 3.05) is 0 Å². The molecule has 1 rings (SSSR count). The van der Waals surface area contributed by atoms with Crippen molar-refractivity contribution in [1.82, 2.24) is 0 Å². The van der Waals surface area contributed by atoms with Crippen molar-refractivity contribution in [2.24, 2.45) is 0 Å². The van der Waals surface area contributed by atoms with Crippen molar-refractivity contribution in [3.8, 4) is 5.75 Å². The Morgan fingerprint density at radius 1 is 1.23 bits per heavy atom. The molecule has 0 amide bonds. The molecule has 0 aliphatic rings. The second-order valence-electron chi connectivity index (χ2n) is 2.56. The Morgan fingerprint density at radius 2 is 1.77 bits per heavy atom. The van der Waals surface area contributed by atoms with Crippen LogP contribution in [0.2, 0.25) is 0 Å². The van der Waals surface area contributed by atoms with Crippen molar-refractivity contribution in [3.63, 3.8) is 0 Å². The van der Waals surface area contributed by atoms with Crippen LogP contribution in [0.5, 0.6) is 5.75 Å². The van der Waals surface area contributed by atoms with Gasteiger partial charge in [-0.2, -0.15) is 8.78 Å². The van der Waals surface area contributed by atoms with E-state index in [2.05, 4.69) is 20.7 Å². The molecule has 13 heavy (non-hydrogen) atoms. The number of hydrogen-bond acceptors (Lipinski definition) is 1. The fourth-order valence-corrected chi connectivity index (χ4v) is 1.22. The lowest BCUT2D eigenvalue weighted by Gasteiger charge is -2.06. The lowest BCUT2D eigenvalue weighted by molar-refractivity contribution is -0.0498. The predicted octanol–water partition coefficient (Wildman–Crippen LogP) is 3.74. The Kier molecular flexibility index (Phi) is 3.66. The molecule has 0 radical (unpaired) electrons. The molecule has 0 aliphatic carbocycles. The van der Waals surface area contributed by atoms with Gasteiger partial charge in [-0.1, -0.05) is 28.1 Å². The Balaban J connectivity index is 2.70. The van der Waals surface area contributed by atoms with Gasteiger partial charge in [0.15, 0.2) is 0 Å². The first kappa shape index (κ1) is 10.4. The summed E-state index contributed by atoms with van der Waals surface area (Å²) in [6, 6.07) is 6.55. The Labute approximate surface area is 83.8 Å². The van der Waals surface area contributed by atoms with Gasteiger partial charge in [-0.05, 0) is 24.6 Å². The van der Waals surface area contributed by atoms with Crippen LogP contribution in [-0.2, 0) is 0 Å². The van der Waals surface area contributed by atoms with E-state index in [4.69, 9.17) is 0 Å². The van der Waals surface area contributed by atoms with Crippen molar-refractivity contribution < 1.29 is 13.5 Å². The standard InChI is InChI=1S/C9H9BrF2O/c1-6(10)7-2-4-8(5-3-7)13-9(11)12/h2-6,9H,1H3/t6-/m1/s1. The van der Waals surface area contributed by atoms with Gasteiger partial charge in [0.25, 0.3) is 0 Å². The molecule has 0 aliphatic heterocycles. The highest BCUT2D eigenvalue weighted by molar-refractivity contribution is 9.09. The van der Waals surface area contributed by atoms with E-state index in [1.807, 2.05) is 6.92 Å². The molecule has 1 nitrogen and oxygen atoms in total. The van der Waals surface area contributed by atoms with Crippen LogP contribution >= 0.6 is 15.9 Å². The predicted molar refractivity (Wildman–Crippen MR) is 50.4 cm³/mol. The van der Waals surface area contributed by atoms with Gasteiger partial charge in [-0.3, -0.25) is 0 Å². The summed E-state index contributed by atoms with van der Waals surface area (Å²) in [4.78, 5) is 0.216. The normalized spacial score (nSPS) is 13.0. The molecule has 0 saturated heterocycles. The Bertz CT molecular complexity index is 259. The number of hydrogen-bond donors (Lipinski definition) is 0. The quantitative estimate of drug-likeness (QED) is 0.743. The maximum Gasteiger partial charge on any atom is 0.387 e. The highest BCUT2D eigenvalue weighted by Crippen LogP contribution is 2.24. The van der Waals surface area contributed by atoms with E-state index in [0.717, 1.165) is 5.56 Å². The molecule has 0 unspecified atom stereocenters. The van der Waals surface area contributed by atoms with Crippen LogP contribution in [0.1, 0.15) is 17.3 Å². The molecule has 0 saturated carbocycles. The zero-order chi connectivity index (χ0) is 9.84. The monoisotopic (exact) mass is 250 g/mol. The molecule has 1 atom stereocenters. The van der Waals surface area contributed by atoms with Crippen LogP contribution in [0.25, 0.3) is 0 Å². The van der Waals surface area contributed by atoms with Gasteiger partial charge in [-0.15, -0.1) is 0 Å². The fraction of sp³-hybridized carbons (Fsp3) is 0.333. The summed E-state index contributed by atoms with van der Waals surface area (Å²) < 4.78 is 27.7. The van der Waals surface area contributed by atoms with Crippen LogP contribution in [0.15, 0.2) is 24.3 Å². The fourth-order valence-electron chi connectivity index (χ4n) is 0.914. The van der Waals surface area contributed by atoms with Gasteiger partial charge in [-0.25, -0.2) is 0 Å². The molecule has 0 aromatic heterocycles. The van der Waals surface area contributed by atoms with E-state index in [0.29, 0.717) is 0 Å². The second-order valence-corrected chi connectivity index (χ2v) is 3.94. The molecule has 72 valence electrons. The summed E-state index contributed by atoms with van der Waals surface area (Å²) in [7, 11) is 0. The summed E-state index contributed by atoms with van der Waals surface area (Å²) >= 11 is 3.37. The van der Waals surface area contributed by atoms with Gasteiger partial charge in [0.05, 0.1) is 0 Å². The molecule has 1 aromatic carbocycles. The van der Waals surface area contributed by atoms with E-state index in [1.54, 1.807) is 12.1 Å². The van der Waals surface area contributed by atoms with Crippen molar-refractivity contribution in [3.05, 3.63) is 29.8 Å². The summed E-state index contributed by atoms with van der Waals surface area (Å²) in [5.41, 5.74) is 1.03. The van der Waals surface area contributed by atoms with Crippen LogP contribution in [-0.4, -0.2) is 6.61 Å². The first-order valence-electron chi connectivity index (χ1n) is 3.78. The zero-order valence-corrected chi connectivity index (χ0v) is 8.59. The summed E-state index contributed by atoms with van der Waals surface area (Å²) in [5.74, 6) is 0.187. The largest absolute Gasteiger partial charge is 0.435 e. The molecular weight excluding hydrogens is 242 g/mol. The minimum atomic E-state index is -2.76. The van der Waals surface area contributed by atoms with Gasteiger partial charge >= 0.3 is 6.61 Å². The smallest absolute Gasteiger partial charge is 0.387 e. The average Bonchev–Trinajstić information content (AvgIpc) is 2.04. The molecule has 0 heterocycles. The molecule has 0 bridgehead atoms. The molecule has 0 N–H and O–H groups in total. The summed E-state index contributed by atoms with van der Waals surface area (Å²) in [5, 5.41) is 0. The Hall–Kier alpha value is -0.640. The first-order chi connectivity index (χ1) is 6.09. The third-order valence-corrected chi connectivity index (χ3v) is 2.09. The lowest BCUT2D eigenvalue weighted by Crippen LogP contribution is -2.01. The number of benzene rings is 1. The van der Waals surface area contributed by atoms with E-state index >= 15 is 0 Å². The number of ether oxygens (including phenoxy) is 1. The van der Waals surface area contributed by atoms with Gasteiger partial charge in [0.2, 0.25) is 0 Å². The maximum atomic E-state index is 11.7. The van der Waals surface area contributed by atoms with Crippen LogP contribution in [0.4, 0.5) is 8.78 Å². The summed E-state index contributed by atoms with van der Waals surface area (Å²) in [6.07, 6.45) is 0. The molecular formula is C9H9BrF2O. The topological polar surface area (TPSA) is 9.23 Å². The molecule has 0 fully saturated rings. The van der Waals surface area contributed by atoms with E-state index in [-0.39, 0.29) is 10.6 Å². The molecule has 0 spiro atoms.